The van der Waals surface area contributed by atoms with E-state index in [1.165, 1.54) is 0 Å². The van der Waals surface area contributed by atoms with E-state index in [-0.39, 0.29) is 5.78 Å². The number of hydrogen-bond donors (Lipinski definition) is 1. The average Bonchev–Trinajstić information content (AvgIpc) is 2.14. The van der Waals surface area contributed by atoms with Crippen LogP contribution in [0.5, 0.6) is 0 Å². The Hall–Kier alpha value is -1.23. The van der Waals surface area contributed by atoms with Crippen LogP contribution in [0.15, 0.2) is 0 Å². The van der Waals surface area contributed by atoms with E-state index in [2.05, 4.69) is 4.74 Å². The van der Waals surface area contributed by atoms with E-state index in [1.54, 1.807) is 20.8 Å². The van der Waals surface area contributed by atoms with Gasteiger partial charge in [-0.05, 0) is 6.92 Å². The van der Waals surface area contributed by atoms with Crippen LogP contribution in [0.3, 0.4) is 0 Å². The number of aliphatic carboxylic acids is 1. The molecular formula is C11H18O5. The van der Waals surface area contributed by atoms with Gasteiger partial charge in [0.15, 0.2) is 5.78 Å². The van der Waals surface area contributed by atoms with Gasteiger partial charge in [-0.2, -0.15) is 0 Å². The molecule has 5 nitrogen and oxygen atoms in total. The molecule has 0 aromatic rings. The van der Waals surface area contributed by atoms with Crippen LogP contribution in [0, 0.1) is 5.41 Å². The Bertz CT molecular complexity index is 313. The third kappa shape index (κ3) is 3.13. The Kier molecular flexibility index (Phi) is 4.37. The fraction of sp³-hybridized carbons (Fsp3) is 0.727. The minimum Gasteiger partial charge on any atom is -0.479 e. The maximum atomic E-state index is 11.7. The van der Waals surface area contributed by atoms with Gasteiger partial charge in [0.05, 0.1) is 6.42 Å². The summed E-state index contributed by atoms with van der Waals surface area (Å²) in [6.07, 6.45) is -0.430. The van der Waals surface area contributed by atoms with Crippen molar-refractivity contribution < 1.29 is 24.2 Å². The van der Waals surface area contributed by atoms with Crippen molar-refractivity contribution in [1.82, 2.24) is 0 Å². The van der Waals surface area contributed by atoms with Crippen LogP contribution in [0.1, 0.15) is 34.1 Å². The fourth-order valence-corrected chi connectivity index (χ4v) is 0.900. The smallest absolute Gasteiger partial charge is 0.343 e. The second kappa shape index (κ2) is 4.74. The molecule has 1 atom stereocenters. The third-order valence-electron chi connectivity index (χ3n) is 2.51. The highest BCUT2D eigenvalue weighted by Gasteiger charge is 2.42. The minimum atomic E-state index is -1.94. The normalized spacial score (nSPS) is 15.3. The SMILES string of the molecule is COC(C)(C(=O)O)C(=O)CC(=O)C(C)(C)C. The van der Waals surface area contributed by atoms with Gasteiger partial charge < -0.3 is 9.84 Å². The summed E-state index contributed by atoms with van der Waals surface area (Å²) in [4.78, 5) is 34.1. The molecule has 0 aliphatic rings. The molecule has 0 heterocycles. The molecule has 0 saturated heterocycles. The molecular weight excluding hydrogens is 212 g/mol. The zero-order valence-corrected chi connectivity index (χ0v) is 10.3. The van der Waals surface area contributed by atoms with Crippen LogP contribution in [0.2, 0.25) is 0 Å². The molecule has 16 heavy (non-hydrogen) atoms. The first-order chi connectivity index (χ1) is 7.05. The maximum absolute atomic E-state index is 11.7. The van der Waals surface area contributed by atoms with Gasteiger partial charge in [-0.25, -0.2) is 4.79 Å². The molecule has 0 aliphatic heterocycles. The van der Waals surface area contributed by atoms with Crippen molar-refractivity contribution >= 4 is 17.5 Å². The molecule has 0 spiro atoms. The fourth-order valence-electron chi connectivity index (χ4n) is 0.900. The number of carbonyl (C=O) groups is 3. The Labute approximate surface area is 94.8 Å². The number of Topliss-reactive ketones (excluding diaryl/α,β-unsaturated/α-hetero) is 2. The molecule has 0 rings (SSSR count). The molecule has 0 amide bonds. The maximum Gasteiger partial charge on any atom is 0.343 e. The van der Waals surface area contributed by atoms with Gasteiger partial charge >= 0.3 is 5.97 Å². The number of rotatable bonds is 5. The molecule has 1 N–H and O–H groups in total. The topological polar surface area (TPSA) is 80.7 Å². The molecule has 5 heteroatoms. The Morgan fingerprint density at radius 2 is 1.50 bits per heavy atom. The van der Waals surface area contributed by atoms with E-state index in [1.807, 2.05) is 0 Å². The first-order valence-electron chi connectivity index (χ1n) is 4.91. The molecule has 92 valence electrons. The summed E-state index contributed by atoms with van der Waals surface area (Å²) >= 11 is 0. The summed E-state index contributed by atoms with van der Waals surface area (Å²) < 4.78 is 4.67. The van der Waals surface area contributed by atoms with Gasteiger partial charge in [-0.15, -0.1) is 0 Å². The van der Waals surface area contributed by atoms with Gasteiger partial charge in [0.1, 0.15) is 5.78 Å². The Balaban J connectivity index is 4.83. The zero-order valence-electron chi connectivity index (χ0n) is 10.3. The van der Waals surface area contributed by atoms with Crippen LogP contribution in [0.4, 0.5) is 0 Å². The molecule has 0 radical (unpaired) electrons. The number of carboxylic acid groups (broad SMARTS) is 1. The predicted octanol–water partition coefficient (Wildman–Crippen LogP) is 1.05. The summed E-state index contributed by atoms with van der Waals surface area (Å²) in [6.45, 7) is 6.17. The monoisotopic (exact) mass is 230 g/mol. The molecule has 1 unspecified atom stereocenters. The van der Waals surface area contributed by atoms with E-state index >= 15 is 0 Å². The third-order valence-corrected chi connectivity index (χ3v) is 2.51. The second-order valence-electron chi connectivity index (χ2n) is 4.82. The number of carbonyl (C=O) groups excluding carboxylic acids is 2. The summed E-state index contributed by atoms with van der Waals surface area (Å²) in [6, 6.07) is 0. The number of hydrogen-bond acceptors (Lipinski definition) is 4. The minimum absolute atomic E-state index is 0.304. The van der Waals surface area contributed by atoms with Crippen molar-refractivity contribution in [2.75, 3.05) is 7.11 Å². The van der Waals surface area contributed by atoms with E-state index in [0.717, 1.165) is 14.0 Å². The summed E-state index contributed by atoms with van der Waals surface area (Å²) in [5.41, 5.74) is -2.61. The van der Waals surface area contributed by atoms with Crippen LogP contribution in [-0.2, 0) is 19.1 Å². The standard InChI is InChI=1S/C11H18O5/c1-10(2,3)7(12)6-8(13)11(4,16-5)9(14)15/h6H2,1-5H3,(H,14,15). The van der Waals surface area contributed by atoms with Gasteiger partial charge in [0.2, 0.25) is 5.60 Å². The molecule has 0 aliphatic carbocycles. The van der Waals surface area contributed by atoms with Crippen LogP contribution in [0.25, 0.3) is 0 Å². The number of methoxy groups -OCH3 is 1. The molecule has 0 fully saturated rings. The van der Waals surface area contributed by atoms with Gasteiger partial charge in [-0.3, -0.25) is 9.59 Å². The van der Waals surface area contributed by atoms with Crippen molar-refractivity contribution in [1.29, 1.82) is 0 Å². The molecule has 0 aromatic heterocycles. The van der Waals surface area contributed by atoms with E-state index in [4.69, 9.17) is 5.11 Å². The van der Waals surface area contributed by atoms with Gasteiger partial charge in [0.25, 0.3) is 0 Å². The van der Waals surface area contributed by atoms with Crippen LogP contribution in [-0.4, -0.2) is 35.4 Å². The number of ether oxygens (including phenoxy) is 1. The van der Waals surface area contributed by atoms with Crippen LogP contribution >= 0.6 is 0 Å². The second-order valence-corrected chi connectivity index (χ2v) is 4.82. The van der Waals surface area contributed by atoms with Crippen molar-refractivity contribution in [2.24, 2.45) is 5.41 Å². The quantitative estimate of drug-likeness (QED) is 0.714. The summed E-state index contributed by atoms with van der Waals surface area (Å²) in [5.74, 6) is -2.42. The Morgan fingerprint density at radius 3 is 1.75 bits per heavy atom. The molecule has 0 bridgehead atoms. The predicted molar refractivity (Wildman–Crippen MR) is 57.1 cm³/mol. The largest absolute Gasteiger partial charge is 0.479 e. The first-order valence-corrected chi connectivity index (χ1v) is 4.91. The van der Waals surface area contributed by atoms with Crippen molar-refractivity contribution in [3.05, 3.63) is 0 Å². The van der Waals surface area contributed by atoms with Gasteiger partial charge in [-0.1, -0.05) is 20.8 Å². The van der Waals surface area contributed by atoms with Crippen LogP contribution < -0.4 is 0 Å². The Morgan fingerprint density at radius 1 is 1.06 bits per heavy atom. The van der Waals surface area contributed by atoms with E-state index in [0.29, 0.717) is 0 Å². The van der Waals surface area contributed by atoms with Crippen molar-refractivity contribution in [2.45, 2.75) is 39.7 Å². The molecule has 0 aromatic carbocycles. The summed E-state index contributed by atoms with van der Waals surface area (Å²) in [5, 5.41) is 8.86. The number of ketones is 2. The summed E-state index contributed by atoms with van der Waals surface area (Å²) in [7, 11) is 1.13. The number of carboxylic acids is 1. The lowest BCUT2D eigenvalue weighted by Gasteiger charge is -2.23. The van der Waals surface area contributed by atoms with E-state index in [9.17, 15) is 14.4 Å². The highest BCUT2D eigenvalue weighted by Crippen LogP contribution is 2.21. The highest BCUT2D eigenvalue weighted by atomic mass is 16.5. The van der Waals surface area contributed by atoms with Crippen molar-refractivity contribution in [3.8, 4) is 0 Å². The van der Waals surface area contributed by atoms with Crippen molar-refractivity contribution in [3.63, 3.8) is 0 Å². The zero-order chi connectivity index (χ0) is 13.1. The van der Waals surface area contributed by atoms with E-state index < -0.39 is 29.2 Å². The lowest BCUT2D eigenvalue weighted by Crippen LogP contribution is -2.47. The van der Waals surface area contributed by atoms with Gasteiger partial charge in [0, 0.05) is 12.5 Å². The highest BCUT2D eigenvalue weighted by molar-refractivity contribution is 6.13. The molecule has 0 saturated carbocycles. The lowest BCUT2D eigenvalue weighted by atomic mass is 9.85. The lowest BCUT2D eigenvalue weighted by molar-refractivity contribution is -0.167. The average molecular weight is 230 g/mol. The first kappa shape index (κ1) is 14.8.